The van der Waals surface area contributed by atoms with E-state index >= 15 is 0 Å². The molecule has 0 atom stereocenters. The van der Waals surface area contributed by atoms with Gasteiger partial charge in [0.15, 0.2) is 0 Å². The van der Waals surface area contributed by atoms with Crippen molar-refractivity contribution in [1.82, 2.24) is 4.98 Å². The number of furan rings is 1. The Morgan fingerprint density at radius 1 is 1.04 bits per heavy atom. The maximum Gasteiger partial charge on any atom is 0.134 e. The van der Waals surface area contributed by atoms with E-state index < -0.39 is 0 Å². The Balaban J connectivity index is 1.94. The monoisotopic (exact) mass is 333 g/mol. The van der Waals surface area contributed by atoms with Crippen LogP contribution in [0.25, 0.3) is 28.7 Å². The number of hydrogen-bond donors (Lipinski definition) is 0. The number of pyridine rings is 1. The van der Waals surface area contributed by atoms with Crippen LogP contribution in [0.15, 0.2) is 65.1 Å². The lowest BCUT2D eigenvalue weighted by Gasteiger charge is -2.12. The lowest BCUT2D eigenvalue weighted by molar-refractivity contribution is 0.548. The summed E-state index contributed by atoms with van der Waals surface area (Å²) in [4.78, 5) is 4.85. The fourth-order valence-corrected chi connectivity index (χ4v) is 3.05. The third-order valence-corrected chi connectivity index (χ3v) is 4.38. The van der Waals surface area contributed by atoms with Crippen molar-refractivity contribution in [3.8, 4) is 22.6 Å². The molecule has 4 rings (SSSR count). The molecule has 3 heteroatoms. The third-order valence-electron chi connectivity index (χ3n) is 4.13. The van der Waals surface area contributed by atoms with Gasteiger partial charge in [-0.3, -0.25) is 0 Å². The van der Waals surface area contributed by atoms with Gasteiger partial charge in [-0.15, -0.1) is 0 Å². The highest BCUT2D eigenvalue weighted by Gasteiger charge is 2.16. The number of aryl methyl sites for hydroxylation is 1. The number of rotatable bonds is 2. The van der Waals surface area contributed by atoms with Crippen LogP contribution in [0.3, 0.4) is 0 Å². The fourth-order valence-electron chi connectivity index (χ4n) is 2.92. The number of fused-ring (bicyclic) bond motifs is 1. The van der Waals surface area contributed by atoms with Crippen LogP contribution in [-0.4, -0.2) is 4.98 Å². The minimum Gasteiger partial charge on any atom is -0.461 e. The Bertz CT molecular complexity index is 948. The molecule has 2 nitrogen and oxygen atoms in total. The zero-order valence-electron chi connectivity index (χ0n) is 13.3. The minimum absolute atomic E-state index is 0.722. The molecule has 1 aliphatic carbocycles. The molecule has 1 aromatic carbocycles. The number of benzene rings is 1. The van der Waals surface area contributed by atoms with Crippen molar-refractivity contribution in [2.24, 2.45) is 0 Å². The Hall–Kier alpha value is -2.58. The summed E-state index contributed by atoms with van der Waals surface area (Å²) < 4.78 is 5.89. The van der Waals surface area contributed by atoms with Crippen molar-refractivity contribution in [1.29, 1.82) is 0 Å². The molecule has 0 radical (unpaired) electrons. The maximum absolute atomic E-state index is 6.01. The molecule has 0 saturated heterocycles. The standard InChI is InChI=1S/C21H16ClNO/c1-14-7-12-21(24-14)18-13-20(15-8-10-16(22)11-9-15)23-19-6-4-2-3-5-17(18)19/h2-4,6-13H,5H2,1H3. The molecule has 0 fully saturated rings. The van der Waals surface area contributed by atoms with Crippen LogP contribution in [0.1, 0.15) is 17.0 Å². The summed E-state index contributed by atoms with van der Waals surface area (Å²) in [6.07, 6.45) is 9.12. The van der Waals surface area contributed by atoms with Gasteiger partial charge in [0.2, 0.25) is 0 Å². The molecule has 2 aromatic heterocycles. The first-order valence-electron chi connectivity index (χ1n) is 7.90. The first-order chi connectivity index (χ1) is 11.7. The number of aromatic nitrogens is 1. The van der Waals surface area contributed by atoms with E-state index in [0.717, 1.165) is 45.5 Å². The van der Waals surface area contributed by atoms with E-state index in [1.165, 1.54) is 5.56 Å². The highest BCUT2D eigenvalue weighted by molar-refractivity contribution is 6.30. The second-order valence-electron chi connectivity index (χ2n) is 5.83. The molecular formula is C21H16ClNO. The van der Waals surface area contributed by atoms with Crippen molar-refractivity contribution in [2.75, 3.05) is 0 Å². The molecule has 3 aromatic rings. The van der Waals surface area contributed by atoms with E-state index in [1.54, 1.807) is 0 Å². The van der Waals surface area contributed by atoms with E-state index in [1.807, 2.05) is 49.4 Å². The number of allylic oxidation sites excluding steroid dienone is 3. The lowest BCUT2D eigenvalue weighted by Crippen LogP contribution is -1.98. The smallest absolute Gasteiger partial charge is 0.134 e. The molecule has 0 N–H and O–H groups in total. The summed E-state index contributed by atoms with van der Waals surface area (Å²) in [7, 11) is 0. The highest BCUT2D eigenvalue weighted by Crippen LogP contribution is 2.33. The number of nitrogens with zero attached hydrogens (tertiary/aromatic N) is 1. The van der Waals surface area contributed by atoms with Gasteiger partial charge in [-0.2, -0.15) is 0 Å². The summed E-state index contributed by atoms with van der Waals surface area (Å²) in [5.41, 5.74) is 5.22. The van der Waals surface area contributed by atoms with E-state index in [9.17, 15) is 0 Å². The number of hydrogen-bond acceptors (Lipinski definition) is 2. The predicted octanol–water partition coefficient (Wildman–Crippen LogP) is 6.10. The van der Waals surface area contributed by atoms with Crippen LogP contribution in [0, 0.1) is 6.92 Å². The van der Waals surface area contributed by atoms with Gasteiger partial charge in [-0.1, -0.05) is 42.0 Å². The van der Waals surface area contributed by atoms with Crippen LogP contribution in [-0.2, 0) is 6.42 Å². The first kappa shape index (κ1) is 15.0. The zero-order valence-corrected chi connectivity index (χ0v) is 14.0. The van der Waals surface area contributed by atoms with Crippen molar-refractivity contribution in [3.63, 3.8) is 0 Å². The molecule has 118 valence electrons. The van der Waals surface area contributed by atoms with Gasteiger partial charge in [0.1, 0.15) is 11.5 Å². The van der Waals surface area contributed by atoms with E-state index in [4.69, 9.17) is 21.0 Å². The Kier molecular flexibility index (Phi) is 3.83. The molecule has 0 bridgehead atoms. The summed E-state index contributed by atoms with van der Waals surface area (Å²) >= 11 is 6.01. The van der Waals surface area contributed by atoms with Crippen LogP contribution >= 0.6 is 11.6 Å². The molecule has 1 aliphatic rings. The fraction of sp³-hybridized carbons (Fsp3) is 0.0952. The second kappa shape index (κ2) is 6.14. The predicted molar refractivity (Wildman–Crippen MR) is 99.0 cm³/mol. The van der Waals surface area contributed by atoms with Crippen molar-refractivity contribution in [2.45, 2.75) is 13.3 Å². The molecule has 24 heavy (non-hydrogen) atoms. The van der Waals surface area contributed by atoms with Crippen LogP contribution in [0.5, 0.6) is 0 Å². The first-order valence-corrected chi connectivity index (χ1v) is 8.28. The van der Waals surface area contributed by atoms with E-state index in [0.29, 0.717) is 0 Å². The van der Waals surface area contributed by atoms with Crippen molar-refractivity contribution < 1.29 is 4.42 Å². The average Bonchev–Trinajstić information content (AvgIpc) is 2.88. The molecule has 0 aliphatic heterocycles. The SMILES string of the molecule is Cc1ccc(-c2cc(-c3ccc(Cl)cc3)nc3c2CC=CC=C3)o1. The highest BCUT2D eigenvalue weighted by atomic mass is 35.5. The minimum atomic E-state index is 0.722. The third kappa shape index (κ3) is 2.81. The summed E-state index contributed by atoms with van der Waals surface area (Å²) in [5.74, 6) is 1.79. The zero-order chi connectivity index (χ0) is 16.5. The lowest BCUT2D eigenvalue weighted by atomic mass is 9.98. The Morgan fingerprint density at radius 2 is 1.88 bits per heavy atom. The number of halogens is 1. The summed E-state index contributed by atoms with van der Waals surface area (Å²) in [5, 5.41) is 0.722. The van der Waals surface area contributed by atoms with Gasteiger partial charge in [0.25, 0.3) is 0 Å². The van der Waals surface area contributed by atoms with Gasteiger partial charge < -0.3 is 4.42 Å². The van der Waals surface area contributed by atoms with Gasteiger partial charge in [0.05, 0.1) is 11.4 Å². The van der Waals surface area contributed by atoms with Gasteiger partial charge in [-0.25, -0.2) is 4.98 Å². The molecule has 0 unspecified atom stereocenters. The van der Waals surface area contributed by atoms with Crippen molar-refractivity contribution >= 4 is 17.7 Å². The molecule has 0 spiro atoms. The maximum atomic E-state index is 6.01. The summed E-state index contributed by atoms with van der Waals surface area (Å²) in [6.45, 7) is 1.96. The van der Waals surface area contributed by atoms with Crippen molar-refractivity contribution in [3.05, 3.63) is 82.7 Å². The molecular weight excluding hydrogens is 318 g/mol. The Morgan fingerprint density at radius 3 is 2.62 bits per heavy atom. The van der Waals surface area contributed by atoms with E-state index in [2.05, 4.69) is 24.3 Å². The normalized spacial score (nSPS) is 12.9. The molecule has 2 heterocycles. The van der Waals surface area contributed by atoms with Crippen LogP contribution < -0.4 is 0 Å². The molecule has 0 saturated carbocycles. The molecule has 0 amide bonds. The Labute approximate surface area is 146 Å². The van der Waals surface area contributed by atoms with Gasteiger partial charge >= 0.3 is 0 Å². The summed E-state index contributed by atoms with van der Waals surface area (Å²) in [6, 6.07) is 13.9. The average molecular weight is 334 g/mol. The topological polar surface area (TPSA) is 26.0 Å². The van der Waals surface area contributed by atoms with Gasteiger partial charge in [0, 0.05) is 16.1 Å². The van der Waals surface area contributed by atoms with Crippen LogP contribution in [0.4, 0.5) is 0 Å². The van der Waals surface area contributed by atoms with Crippen LogP contribution in [0.2, 0.25) is 5.02 Å². The largest absolute Gasteiger partial charge is 0.461 e. The quantitative estimate of drug-likeness (QED) is 0.566. The van der Waals surface area contributed by atoms with Gasteiger partial charge in [-0.05, 0) is 55.3 Å². The van der Waals surface area contributed by atoms with E-state index in [-0.39, 0.29) is 0 Å². The second-order valence-corrected chi connectivity index (χ2v) is 6.26.